The predicted molar refractivity (Wildman–Crippen MR) is 110 cm³/mol. The lowest BCUT2D eigenvalue weighted by atomic mass is 10.1. The third-order valence-corrected chi connectivity index (χ3v) is 5.44. The summed E-state index contributed by atoms with van der Waals surface area (Å²) in [7, 11) is 0. The van der Waals surface area contributed by atoms with Crippen LogP contribution in [0.25, 0.3) is 11.0 Å². The molecule has 1 aliphatic heterocycles. The average Bonchev–Trinajstić information content (AvgIpc) is 3.26. The molecular formula is C21H23N3O3S. The van der Waals surface area contributed by atoms with E-state index in [4.69, 9.17) is 9.47 Å². The van der Waals surface area contributed by atoms with Gasteiger partial charge in [0.2, 0.25) is 5.91 Å². The molecule has 4 rings (SSSR count). The Hall–Kier alpha value is -2.67. The second-order valence-electron chi connectivity index (χ2n) is 6.76. The number of H-pyrrole nitrogens is 1. The highest BCUT2D eigenvalue weighted by Crippen LogP contribution is 2.35. The quantitative estimate of drug-likeness (QED) is 0.595. The minimum Gasteiger partial charge on any atom is -0.494 e. The summed E-state index contributed by atoms with van der Waals surface area (Å²) >= 11 is 1.39. The van der Waals surface area contributed by atoms with Crippen LogP contribution in [0.3, 0.4) is 0 Å². The number of benzene rings is 2. The Labute approximate surface area is 168 Å². The normalized spacial score (nSPS) is 15.3. The van der Waals surface area contributed by atoms with Gasteiger partial charge in [-0.25, -0.2) is 4.98 Å². The van der Waals surface area contributed by atoms with Gasteiger partial charge in [-0.15, -0.1) is 0 Å². The number of nitrogens with one attached hydrogen (secondary N) is 2. The average molecular weight is 398 g/mol. The zero-order valence-corrected chi connectivity index (χ0v) is 16.8. The molecule has 2 N–H and O–H groups in total. The summed E-state index contributed by atoms with van der Waals surface area (Å²) in [4.78, 5) is 20.0. The minimum absolute atomic E-state index is 0.0531. The van der Waals surface area contributed by atoms with Crippen molar-refractivity contribution in [2.45, 2.75) is 38.1 Å². The van der Waals surface area contributed by atoms with Gasteiger partial charge in [0.05, 0.1) is 23.4 Å². The van der Waals surface area contributed by atoms with E-state index >= 15 is 0 Å². The number of hydrogen-bond donors (Lipinski definition) is 2. The molecule has 0 unspecified atom stereocenters. The van der Waals surface area contributed by atoms with Crippen molar-refractivity contribution < 1.29 is 14.3 Å². The van der Waals surface area contributed by atoms with Crippen LogP contribution in [0.5, 0.6) is 11.5 Å². The molecule has 0 aliphatic carbocycles. The van der Waals surface area contributed by atoms with Gasteiger partial charge in [-0.05, 0) is 38.1 Å². The van der Waals surface area contributed by atoms with Gasteiger partial charge in [0.1, 0.15) is 17.6 Å². The Kier molecular flexibility index (Phi) is 5.43. The number of hydrogen-bond acceptors (Lipinski definition) is 5. The van der Waals surface area contributed by atoms with Crippen molar-refractivity contribution in [3.63, 3.8) is 0 Å². The van der Waals surface area contributed by atoms with Crippen molar-refractivity contribution >= 4 is 28.7 Å². The molecule has 0 radical (unpaired) electrons. The molecule has 7 heteroatoms. The highest BCUT2D eigenvalue weighted by molar-refractivity contribution is 7.99. The lowest BCUT2D eigenvalue weighted by Gasteiger charge is -2.13. The fourth-order valence-corrected chi connectivity index (χ4v) is 4.00. The molecule has 146 valence electrons. The lowest BCUT2D eigenvalue weighted by Crippen LogP contribution is -2.25. The molecule has 1 aliphatic rings. The number of thioether (sulfide) groups is 1. The smallest absolute Gasteiger partial charge is 0.230 e. The second-order valence-corrected chi connectivity index (χ2v) is 7.72. The monoisotopic (exact) mass is 397 g/mol. The Morgan fingerprint density at radius 1 is 1.39 bits per heavy atom. The highest BCUT2D eigenvalue weighted by atomic mass is 32.2. The molecule has 2 aromatic carbocycles. The number of para-hydroxylation sites is 2. The molecule has 0 bridgehead atoms. The van der Waals surface area contributed by atoms with E-state index < -0.39 is 0 Å². The third kappa shape index (κ3) is 4.09. The lowest BCUT2D eigenvalue weighted by molar-refractivity contribution is -0.118. The van der Waals surface area contributed by atoms with Crippen molar-refractivity contribution in [2.75, 3.05) is 12.4 Å². The molecule has 0 saturated carbocycles. The first kappa shape index (κ1) is 18.7. The molecule has 1 aromatic heterocycles. The molecule has 0 fully saturated rings. The molecule has 28 heavy (non-hydrogen) atoms. The van der Waals surface area contributed by atoms with Gasteiger partial charge in [-0.3, -0.25) is 4.79 Å². The number of aromatic amines is 1. The maximum atomic E-state index is 12.3. The van der Waals surface area contributed by atoms with Crippen LogP contribution in [0.2, 0.25) is 0 Å². The predicted octanol–water partition coefficient (Wildman–Crippen LogP) is 3.69. The number of imidazole rings is 1. The summed E-state index contributed by atoms with van der Waals surface area (Å²) in [6, 6.07) is 11.8. The van der Waals surface area contributed by atoms with Gasteiger partial charge in [-0.2, -0.15) is 0 Å². The number of ether oxygens (including phenoxy) is 2. The van der Waals surface area contributed by atoms with Crippen LogP contribution in [0.15, 0.2) is 41.6 Å². The molecule has 2 heterocycles. The molecule has 6 nitrogen and oxygen atoms in total. The van der Waals surface area contributed by atoms with E-state index in [0.29, 0.717) is 18.9 Å². The van der Waals surface area contributed by atoms with E-state index in [9.17, 15) is 4.79 Å². The number of rotatable bonds is 7. The van der Waals surface area contributed by atoms with Gasteiger partial charge in [0.25, 0.3) is 0 Å². The zero-order chi connectivity index (χ0) is 19.5. The summed E-state index contributed by atoms with van der Waals surface area (Å²) in [5.74, 6) is 1.94. The number of amides is 1. The minimum atomic E-state index is -0.0531. The van der Waals surface area contributed by atoms with Crippen LogP contribution in [-0.2, 0) is 17.8 Å². The number of fused-ring (bicyclic) bond motifs is 2. The SMILES string of the molecule is CCOc1cc2c(cc1CNC(=O)CSc1nc3ccccc3[nH]1)O[C@@H](C)C2. The standard InChI is InChI=1S/C21H23N3O3S/c1-3-26-18-9-14-8-13(2)27-19(14)10-15(18)11-22-20(25)12-28-21-23-16-6-4-5-7-17(16)24-21/h4-7,9-10,13H,3,8,11-12H2,1-2H3,(H,22,25)(H,23,24)/t13-/m0/s1. The summed E-state index contributed by atoms with van der Waals surface area (Å²) in [6.07, 6.45) is 1.06. The maximum Gasteiger partial charge on any atom is 0.230 e. The molecule has 1 amide bonds. The second kappa shape index (κ2) is 8.14. The van der Waals surface area contributed by atoms with E-state index in [-0.39, 0.29) is 12.0 Å². The Bertz CT molecular complexity index is 969. The molecule has 0 spiro atoms. The van der Waals surface area contributed by atoms with Crippen LogP contribution < -0.4 is 14.8 Å². The number of aromatic nitrogens is 2. The van der Waals surface area contributed by atoms with Gasteiger partial charge < -0.3 is 19.8 Å². The molecule has 1 atom stereocenters. The molecule has 0 saturated heterocycles. The van der Waals surface area contributed by atoms with Crippen LogP contribution in [0, 0.1) is 0 Å². The number of nitrogens with zero attached hydrogens (tertiary/aromatic N) is 1. The number of carbonyl (C=O) groups is 1. The Morgan fingerprint density at radius 3 is 3.07 bits per heavy atom. The largest absolute Gasteiger partial charge is 0.494 e. The van der Waals surface area contributed by atoms with Crippen LogP contribution in [-0.4, -0.2) is 34.3 Å². The van der Waals surface area contributed by atoms with Crippen molar-refractivity contribution in [1.82, 2.24) is 15.3 Å². The molecule has 3 aromatic rings. The van der Waals surface area contributed by atoms with E-state index in [0.717, 1.165) is 45.2 Å². The summed E-state index contributed by atoms with van der Waals surface area (Å²) in [6.45, 7) is 4.99. The highest BCUT2D eigenvalue weighted by Gasteiger charge is 2.22. The fraction of sp³-hybridized carbons (Fsp3) is 0.333. The first-order chi connectivity index (χ1) is 13.6. The van der Waals surface area contributed by atoms with E-state index in [2.05, 4.69) is 22.2 Å². The Balaban J connectivity index is 1.37. The Morgan fingerprint density at radius 2 is 2.25 bits per heavy atom. The first-order valence-corrected chi connectivity index (χ1v) is 10.4. The van der Waals surface area contributed by atoms with E-state index in [1.807, 2.05) is 43.3 Å². The van der Waals surface area contributed by atoms with Crippen molar-refractivity contribution in [3.05, 3.63) is 47.5 Å². The van der Waals surface area contributed by atoms with Crippen molar-refractivity contribution in [2.24, 2.45) is 0 Å². The van der Waals surface area contributed by atoms with Crippen molar-refractivity contribution in [3.8, 4) is 11.5 Å². The first-order valence-electron chi connectivity index (χ1n) is 9.42. The summed E-state index contributed by atoms with van der Waals surface area (Å²) in [5.41, 5.74) is 3.96. The van der Waals surface area contributed by atoms with Crippen LogP contribution in [0.4, 0.5) is 0 Å². The summed E-state index contributed by atoms with van der Waals surface area (Å²) in [5, 5.41) is 3.71. The third-order valence-electron chi connectivity index (χ3n) is 4.56. The van der Waals surface area contributed by atoms with Gasteiger partial charge in [-0.1, -0.05) is 23.9 Å². The topological polar surface area (TPSA) is 76.2 Å². The number of carbonyl (C=O) groups excluding carboxylic acids is 1. The van der Waals surface area contributed by atoms with E-state index in [1.54, 1.807) is 0 Å². The molecular weight excluding hydrogens is 374 g/mol. The maximum absolute atomic E-state index is 12.3. The zero-order valence-electron chi connectivity index (χ0n) is 16.0. The van der Waals surface area contributed by atoms with Gasteiger partial charge >= 0.3 is 0 Å². The van der Waals surface area contributed by atoms with Crippen LogP contribution in [0.1, 0.15) is 25.0 Å². The van der Waals surface area contributed by atoms with E-state index in [1.165, 1.54) is 11.8 Å². The fourth-order valence-electron chi connectivity index (χ4n) is 3.29. The van der Waals surface area contributed by atoms with Crippen LogP contribution >= 0.6 is 11.8 Å². The van der Waals surface area contributed by atoms with Gasteiger partial charge in [0.15, 0.2) is 5.16 Å². The summed E-state index contributed by atoms with van der Waals surface area (Å²) < 4.78 is 11.6. The van der Waals surface area contributed by atoms with Gasteiger partial charge in [0, 0.05) is 24.1 Å². The van der Waals surface area contributed by atoms with Crippen molar-refractivity contribution in [1.29, 1.82) is 0 Å².